The molecule has 0 aromatic heterocycles. The van der Waals surface area contributed by atoms with Crippen LogP contribution in [0.1, 0.15) is 27.7 Å². The average Bonchev–Trinajstić information content (AvgIpc) is 1.86. The second kappa shape index (κ2) is 3.21. The predicted octanol–water partition coefficient (Wildman–Crippen LogP) is 1.88. The van der Waals surface area contributed by atoms with E-state index in [9.17, 15) is 0 Å². The largest absolute Gasteiger partial charge is 0.325 e. The minimum absolute atomic E-state index is 0.764. The summed E-state index contributed by atoms with van der Waals surface area (Å²) in [6, 6.07) is 0.764. The molecule has 0 aliphatic rings. The molecule has 0 atom stereocenters. The first-order chi connectivity index (χ1) is 4.06. The summed E-state index contributed by atoms with van der Waals surface area (Å²) in [5, 5.41) is 0. The standard InChI is InChI=1S/C8H20N/c1-6-9(5,7-2)8(3)4/h8H,6-7H2,1-5H3/q+1. The molecule has 0 rings (SSSR count). The molecule has 0 saturated carbocycles. The van der Waals surface area contributed by atoms with Crippen LogP contribution in [-0.4, -0.2) is 30.7 Å². The molecule has 0 aromatic carbocycles. The smallest absolute Gasteiger partial charge is 0.0831 e. The van der Waals surface area contributed by atoms with E-state index in [1.807, 2.05) is 0 Å². The Hall–Kier alpha value is -0.0400. The van der Waals surface area contributed by atoms with Crippen LogP contribution >= 0.6 is 0 Å². The number of quaternary nitrogens is 1. The van der Waals surface area contributed by atoms with Crippen molar-refractivity contribution in [3.05, 3.63) is 0 Å². The first-order valence-electron chi connectivity index (χ1n) is 3.91. The first kappa shape index (κ1) is 8.96. The predicted molar refractivity (Wildman–Crippen MR) is 42.4 cm³/mol. The molecule has 0 bridgehead atoms. The number of rotatable bonds is 3. The van der Waals surface area contributed by atoms with E-state index < -0.39 is 0 Å². The third kappa shape index (κ3) is 1.98. The Bertz CT molecular complexity index is 72.6. The van der Waals surface area contributed by atoms with Crippen LogP contribution in [0.5, 0.6) is 0 Å². The van der Waals surface area contributed by atoms with E-state index in [1.165, 1.54) is 17.6 Å². The van der Waals surface area contributed by atoms with Crippen molar-refractivity contribution in [3.8, 4) is 0 Å². The number of nitrogens with zero attached hydrogens (tertiary/aromatic N) is 1. The molecule has 0 fully saturated rings. The van der Waals surface area contributed by atoms with Crippen molar-refractivity contribution in [1.29, 1.82) is 0 Å². The molecule has 0 aromatic rings. The van der Waals surface area contributed by atoms with Gasteiger partial charge in [0.1, 0.15) is 0 Å². The van der Waals surface area contributed by atoms with Crippen molar-refractivity contribution in [2.45, 2.75) is 33.7 Å². The monoisotopic (exact) mass is 130 g/mol. The van der Waals surface area contributed by atoms with Gasteiger partial charge in [0.15, 0.2) is 0 Å². The Morgan fingerprint density at radius 1 is 1.11 bits per heavy atom. The van der Waals surface area contributed by atoms with Gasteiger partial charge in [-0.2, -0.15) is 0 Å². The van der Waals surface area contributed by atoms with Crippen molar-refractivity contribution >= 4 is 0 Å². The van der Waals surface area contributed by atoms with E-state index in [4.69, 9.17) is 0 Å². The molecule has 1 heteroatoms. The minimum Gasteiger partial charge on any atom is -0.325 e. The highest BCUT2D eigenvalue weighted by atomic mass is 15.3. The summed E-state index contributed by atoms with van der Waals surface area (Å²) in [4.78, 5) is 0. The van der Waals surface area contributed by atoms with Gasteiger partial charge in [0.25, 0.3) is 0 Å². The molecule has 0 saturated heterocycles. The van der Waals surface area contributed by atoms with Gasteiger partial charge in [-0.1, -0.05) is 0 Å². The fourth-order valence-corrected chi connectivity index (χ4v) is 0.954. The van der Waals surface area contributed by atoms with Gasteiger partial charge in [0.2, 0.25) is 0 Å². The van der Waals surface area contributed by atoms with Crippen LogP contribution in [0.15, 0.2) is 0 Å². The van der Waals surface area contributed by atoms with Gasteiger partial charge in [0.05, 0.1) is 26.2 Å². The van der Waals surface area contributed by atoms with Crippen molar-refractivity contribution in [1.82, 2.24) is 0 Å². The lowest BCUT2D eigenvalue weighted by molar-refractivity contribution is -0.926. The second-order valence-corrected chi connectivity index (χ2v) is 3.21. The summed E-state index contributed by atoms with van der Waals surface area (Å²) in [7, 11) is 2.31. The third-order valence-electron chi connectivity index (χ3n) is 2.69. The topological polar surface area (TPSA) is 0 Å². The molecule has 56 valence electrons. The maximum absolute atomic E-state index is 2.31. The van der Waals surface area contributed by atoms with E-state index in [0.717, 1.165) is 6.04 Å². The van der Waals surface area contributed by atoms with E-state index in [1.54, 1.807) is 0 Å². The van der Waals surface area contributed by atoms with Gasteiger partial charge in [-0.25, -0.2) is 0 Å². The fraction of sp³-hybridized carbons (Fsp3) is 1.00. The normalized spacial score (nSPS) is 12.7. The Morgan fingerprint density at radius 2 is 1.44 bits per heavy atom. The van der Waals surface area contributed by atoms with Crippen molar-refractivity contribution in [2.75, 3.05) is 20.1 Å². The zero-order valence-electron chi connectivity index (χ0n) is 7.44. The zero-order valence-corrected chi connectivity index (χ0v) is 7.44. The summed E-state index contributed by atoms with van der Waals surface area (Å²) < 4.78 is 1.19. The second-order valence-electron chi connectivity index (χ2n) is 3.21. The lowest BCUT2D eigenvalue weighted by Crippen LogP contribution is -2.49. The molecule has 9 heavy (non-hydrogen) atoms. The average molecular weight is 130 g/mol. The van der Waals surface area contributed by atoms with Crippen molar-refractivity contribution in [3.63, 3.8) is 0 Å². The van der Waals surface area contributed by atoms with Gasteiger partial charge >= 0.3 is 0 Å². The van der Waals surface area contributed by atoms with Crippen LogP contribution in [0.25, 0.3) is 0 Å². The van der Waals surface area contributed by atoms with E-state index >= 15 is 0 Å². The molecule has 0 aliphatic carbocycles. The van der Waals surface area contributed by atoms with Gasteiger partial charge < -0.3 is 4.48 Å². The van der Waals surface area contributed by atoms with Gasteiger partial charge in [-0.3, -0.25) is 0 Å². The highest BCUT2D eigenvalue weighted by Gasteiger charge is 2.19. The lowest BCUT2D eigenvalue weighted by atomic mass is 10.2. The Balaban J connectivity index is 3.92. The first-order valence-corrected chi connectivity index (χ1v) is 3.91. The molecule has 0 N–H and O–H groups in total. The summed E-state index contributed by atoms with van der Waals surface area (Å²) in [6.07, 6.45) is 0. The Kier molecular flexibility index (Phi) is 3.20. The fourth-order valence-electron chi connectivity index (χ4n) is 0.954. The number of hydrogen-bond acceptors (Lipinski definition) is 0. The summed E-state index contributed by atoms with van der Waals surface area (Å²) in [5.41, 5.74) is 0. The molecule has 0 spiro atoms. The van der Waals surface area contributed by atoms with E-state index in [2.05, 4.69) is 34.7 Å². The van der Waals surface area contributed by atoms with Crippen LogP contribution < -0.4 is 0 Å². The highest BCUT2D eigenvalue weighted by molar-refractivity contribution is 4.39. The van der Waals surface area contributed by atoms with Gasteiger partial charge in [0, 0.05) is 0 Å². The Morgan fingerprint density at radius 3 is 1.44 bits per heavy atom. The maximum atomic E-state index is 2.31. The van der Waals surface area contributed by atoms with Gasteiger partial charge in [-0.15, -0.1) is 0 Å². The van der Waals surface area contributed by atoms with Crippen LogP contribution in [0.2, 0.25) is 0 Å². The SMILES string of the molecule is CC[N+](C)(CC)C(C)C. The molecular weight excluding hydrogens is 110 g/mol. The molecule has 0 amide bonds. The Labute approximate surface area is 59.3 Å². The van der Waals surface area contributed by atoms with Gasteiger partial charge in [-0.05, 0) is 27.7 Å². The molecular formula is C8H20N+. The molecule has 0 radical (unpaired) electrons. The summed E-state index contributed by atoms with van der Waals surface area (Å²) in [6.45, 7) is 11.6. The van der Waals surface area contributed by atoms with Crippen LogP contribution in [0, 0.1) is 0 Å². The quantitative estimate of drug-likeness (QED) is 0.512. The molecule has 0 unspecified atom stereocenters. The van der Waals surface area contributed by atoms with Crippen molar-refractivity contribution in [2.24, 2.45) is 0 Å². The number of hydrogen-bond donors (Lipinski definition) is 0. The lowest BCUT2D eigenvalue weighted by Gasteiger charge is -2.36. The summed E-state index contributed by atoms with van der Waals surface area (Å²) >= 11 is 0. The van der Waals surface area contributed by atoms with Crippen LogP contribution in [0.4, 0.5) is 0 Å². The minimum atomic E-state index is 0.764. The molecule has 0 aliphatic heterocycles. The maximum Gasteiger partial charge on any atom is 0.0831 e. The third-order valence-corrected chi connectivity index (χ3v) is 2.69. The molecule has 1 nitrogen and oxygen atoms in total. The zero-order chi connectivity index (χ0) is 7.49. The molecule has 0 heterocycles. The van der Waals surface area contributed by atoms with Crippen LogP contribution in [-0.2, 0) is 0 Å². The van der Waals surface area contributed by atoms with E-state index in [0.29, 0.717) is 0 Å². The van der Waals surface area contributed by atoms with Crippen LogP contribution in [0.3, 0.4) is 0 Å². The highest BCUT2D eigenvalue weighted by Crippen LogP contribution is 2.07. The summed E-state index contributed by atoms with van der Waals surface area (Å²) in [5.74, 6) is 0. The van der Waals surface area contributed by atoms with Crippen molar-refractivity contribution < 1.29 is 4.48 Å². The van der Waals surface area contributed by atoms with E-state index in [-0.39, 0.29) is 0 Å².